The van der Waals surface area contributed by atoms with Gasteiger partial charge < -0.3 is 41.4 Å². The number of rotatable bonds is 11. The van der Waals surface area contributed by atoms with E-state index in [4.69, 9.17) is 25.7 Å². The van der Waals surface area contributed by atoms with Crippen LogP contribution >= 0.6 is 0 Å². The van der Waals surface area contributed by atoms with E-state index in [2.05, 4.69) is 22.5 Å². The van der Waals surface area contributed by atoms with Gasteiger partial charge in [0.05, 0.1) is 44.0 Å². The number of imide groups is 1. The molecule has 3 aliphatic rings. The van der Waals surface area contributed by atoms with Gasteiger partial charge in [0.1, 0.15) is 36.0 Å². The number of aliphatic hydroxyl groups is 1. The van der Waals surface area contributed by atoms with Gasteiger partial charge >= 0.3 is 24.0 Å². The van der Waals surface area contributed by atoms with E-state index in [0.29, 0.717) is 22.3 Å². The Balaban J connectivity index is 1.57. The quantitative estimate of drug-likeness (QED) is 0.109. The predicted molar refractivity (Wildman–Crippen MR) is 224 cm³/mol. The lowest BCUT2D eigenvalue weighted by Crippen LogP contribution is -2.57. The van der Waals surface area contributed by atoms with Crippen molar-refractivity contribution in [2.45, 2.75) is 49.5 Å². The number of morpholine rings is 1. The van der Waals surface area contributed by atoms with E-state index in [1.165, 1.54) is 13.2 Å². The van der Waals surface area contributed by atoms with Crippen molar-refractivity contribution in [3.63, 3.8) is 0 Å². The van der Waals surface area contributed by atoms with E-state index in [-0.39, 0.29) is 36.8 Å². The van der Waals surface area contributed by atoms with Crippen LogP contribution in [0.4, 0.5) is 15.3 Å². The molecule has 1 spiro atoms. The van der Waals surface area contributed by atoms with Gasteiger partial charge in [-0.25, -0.2) is 19.3 Å². The number of nitrogens with zero attached hydrogens (tertiary/aromatic N) is 2. The summed E-state index contributed by atoms with van der Waals surface area (Å²) in [5, 5.41) is 15.0. The molecule has 62 heavy (non-hydrogen) atoms. The Labute approximate surface area is 357 Å². The Bertz CT molecular complexity index is 2450. The van der Waals surface area contributed by atoms with Crippen molar-refractivity contribution in [3.05, 3.63) is 131 Å². The zero-order valence-electron chi connectivity index (χ0n) is 34.1. The molecule has 16 nitrogen and oxygen atoms in total. The number of para-hydroxylation sites is 1. The second-order valence-electron chi connectivity index (χ2n) is 15.4. The normalized spacial score (nSPS) is 23.0. The van der Waals surface area contributed by atoms with Crippen LogP contribution < -0.4 is 31.7 Å². The molecule has 0 bridgehead atoms. The summed E-state index contributed by atoms with van der Waals surface area (Å²) < 4.78 is 17.5. The third-order valence-corrected chi connectivity index (χ3v) is 11.5. The van der Waals surface area contributed by atoms with E-state index in [1.54, 1.807) is 67.3 Å². The summed E-state index contributed by atoms with van der Waals surface area (Å²) in [6, 6.07) is 22.8. The number of carbonyl (C=O) groups is 6. The molecule has 4 aromatic rings. The van der Waals surface area contributed by atoms with Crippen LogP contribution in [-0.2, 0) is 34.1 Å². The molecular weight excluding hydrogens is 797 g/mol. The summed E-state index contributed by atoms with van der Waals surface area (Å²) in [7, 11) is 1.18. The number of nitrogens with one attached hydrogen (secondary N) is 2. The second-order valence-corrected chi connectivity index (χ2v) is 15.4. The highest BCUT2D eigenvalue weighted by molar-refractivity contribution is 6.25. The highest BCUT2D eigenvalue weighted by atomic mass is 16.6. The van der Waals surface area contributed by atoms with Gasteiger partial charge in [-0.15, -0.1) is 0 Å². The van der Waals surface area contributed by atoms with Crippen LogP contribution in [0.1, 0.15) is 59.9 Å². The van der Waals surface area contributed by atoms with Gasteiger partial charge in [-0.05, 0) is 46.9 Å². The molecule has 0 radical (unpaired) electrons. The van der Waals surface area contributed by atoms with Crippen LogP contribution in [0.2, 0.25) is 0 Å². The van der Waals surface area contributed by atoms with Gasteiger partial charge in [-0.2, -0.15) is 0 Å². The maximum Gasteiger partial charge on any atom is 0.329 e. The lowest BCUT2D eigenvalue weighted by atomic mass is 9.65. The number of hydrogen-bond acceptors (Lipinski definition) is 11. The number of carbonyl (C=O) groups excluding carboxylic acids is 6. The summed E-state index contributed by atoms with van der Waals surface area (Å²) in [6.45, 7) is 2.74. The molecular formula is C46H46N6O10. The van der Waals surface area contributed by atoms with E-state index in [9.17, 15) is 29.1 Å². The summed E-state index contributed by atoms with van der Waals surface area (Å²) in [5.74, 6) is 0.203. The van der Waals surface area contributed by atoms with Crippen molar-refractivity contribution in [1.29, 1.82) is 0 Å². The molecule has 0 unspecified atom stereocenters. The fourth-order valence-electron chi connectivity index (χ4n) is 9.08. The number of fused-ring (bicyclic) bond motifs is 3. The first-order chi connectivity index (χ1) is 29.9. The van der Waals surface area contributed by atoms with Crippen molar-refractivity contribution < 1.29 is 48.1 Å². The number of ether oxygens (including phenoxy) is 3. The number of methoxy groups -OCH3 is 1. The highest BCUT2D eigenvalue weighted by Crippen LogP contribution is 2.66. The molecule has 0 aromatic heterocycles. The first-order valence-electron chi connectivity index (χ1n) is 20.0. The topological polar surface area (TPSA) is 233 Å². The molecule has 7 atom stereocenters. The Kier molecular flexibility index (Phi) is 12.3. The summed E-state index contributed by atoms with van der Waals surface area (Å²) in [5.41, 5.74) is 11.5. The van der Waals surface area contributed by atoms with Crippen molar-refractivity contribution in [3.8, 4) is 17.6 Å². The number of urea groups is 2. The zero-order chi connectivity index (χ0) is 44.3. The van der Waals surface area contributed by atoms with Gasteiger partial charge in [0.25, 0.3) is 0 Å². The molecule has 16 heteroatoms. The average molecular weight is 843 g/mol. The van der Waals surface area contributed by atoms with Crippen LogP contribution in [0.5, 0.6) is 5.75 Å². The number of primary amides is 2. The van der Waals surface area contributed by atoms with E-state index in [0.717, 1.165) is 4.90 Å². The number of hydrogen-bond donors (Lipinski definition) is 5. The molecule has 0 aliphatic carbocycles. The van der Waals surface area contributed by atoms with E-state index < -0.39 is 83.3 Å². The molecule has 3 aliphatic heterocycles. The standard InChI is InChI=1S/C46H46N6O10/c1-26(2)35(41(55)60-3)50-45(59)51-32-21-20-27(13-12-22-49-44(48)58)25-31(32)46(43(51)57)34(40(47)54)37-42(56)62-38(29-16-8-5-9-17-29)36(28-14-6-4-7-15-28)52(37)39(46)30-18-10-11-19-33(30)61-24-23-53/h4-11,14-21,25-26,34-39,53H,22-24H2,1-3H3,(H2,47,54)(H,50,59)(H3,48,49,58)/t34-,35+,36-,37-,38+,39+,46-/m1/s1. The first kappa shape index (κ1) is 42.9. The average Bonchev–Trinajstić information content (AvgIpc) is 3.72. The number of amides is 6. The fourth-order valence-corrected chi connectivity index (χ4v) is 9.08. The minimum atomic E-state index is -2.21. The molecule has 7 N–H and O–H groups in total. The summed E-state index contributed by atoms with van der Waals surface area (Å²) in [4.78, 5) is 87.3. The van der Waals surface area contributed by atoms with E-state index >= 15 is 4.79 Å². The predicted octanol–water partition coefficient (Wildman–Crippen LogP) is 3.14. The van der Waals surface area contributed by atoms with Crippen LogP contribution in [0.25, 0.3) is 0 Å². The number of nitrogens with two attached hydrogens (primary N) is 2. The van der Waals surface area contributed by atoms with Crippen LogP contribution in [0.3, 0.4) is 0 Å². The fraction of sp³-hybridized carbons (Fsp3) is 0.304. The van der Waals surface area contributed by atoms with Crippen molar-refractivity contribution in [2.24, 2.45) is 23.3 Å². The van der Waals surface area contributed by atoms with Gasteiger partial charge in [-0.1, -0.05) is 105 Å². The van der Waals surface area contributed by atoms with Gasteiger partial charge in [0.15, 0.2) is 0 Å². The number of aliphatic hydroxyl groups excluding tert-OH is 1. The smallest absolute Gasteiger partial charge is 0.329 e. The maximum absolute atomic E-state index is 16.1. The molecule has 6 amide bonds. The second kappa shape index (κ2) is 17.8. The van der Waals surface area contributed by atoms with E-state index in [1.807, 2.05) is 48.5 Å². The third kappa shape index (κ3) is 7.45. The van der Waals surface area contributed by atoms with Crippen LogP contribution in [-0.4, -0.2) is 84.8 Å². The number of esters is 2. The Hall–Kier alpha value is -7.22. The first-order valence-corrected chi connectivity index (χ1v) is 20.0. The summed E-state index contributed by atoms with van der Waals surface area (Å²) in [6.07, 6.45) is -0.990. The van der Waals surface area contributed by atoms with Crippen molar-refractivity contribution in [1.82, 2.24) is 15.5 Å². The highest BCUT2D eigenvalue weighted by Gasteiger charge is 2.75. The minimum Gasteiger partial charge on any atom is -0.491 e. The number of benzene rings is 4. The minimum absolute atomic E-state index is 0.0229. The molecule has 4 aromatic carbocycles. The lowest BCUT2D eigenvalue weighted by Gasteiger charge is -2.46. The Morgan fingerprint density at radius 2 is 1.56 bits per heavy atom. The number of anilines is 1. The zero-order valence-corrected chi connectivity index (χ0v) is 34.1. The molecule has 0 saturated carbocycles. The largest absolute Gasteiger partial charge is 0.491 e. The Morgan fingerprint density at radius 1 is 0.903 bits per heavy atom. The van der Waals surface area contributed by atoms with Crippen molar-refractivity contribution in [2.75, 3.05) is 31.8 Å². The molecule has 7 rings (SSSR count). The monoisotopic (exact) mass is 842 g/mol. The SMILES string of the molecule is COC(=O)[C@@H](NC(=O)N1C(=O)[C@@]2(c3cc(C#CCNC(N)=O)ccc31)[C@H](c1ccccc1OCCO)N1[C@H](c3ccccc3)[C@H](c3ccccc3)OC(=O)[C@H]1[C@@H]2C(N)=O)C(C)C. The molecule has 2 fully saturated rings. The maximum atomic E-state index is 16.1. The van der Waals surface area contributed by atoms with Gasteiger partial charge in [0.2, 0.25) is 11.8 Å². The lowest BCUT2D eigenvalue weighted by molar-refractivity contribution is -0.178. The number of cyclic esters (lactones) is 1. The van der Waals surface area contributed by atoms with Gasteiger partial charge in [-0.3, -0.25) is 19.3 Å². The molecule has 2 saturated heterocycles. The Morgan fingerprint density at radius 3 is 2.19 bits per heavy atom. The summed E-state index contributed by atoms with van der Waals surface area (Å²) >= 11 is 0. The van der Waals surface area contributed by atoms with Crippen LogP contribution in [0, 0.1) is 23.7 Å². The van der Waals surface area contributed by atoms with Crippen molar-refractivity contribution >= 4 is 41.5 Å². The molecule has 3 heterocycles. The van der Waals surface area contributed by atoms with Gasteiger partial charge in [0, 0.05) is 11.1 Å². The molecule has 320 valence electrons. The van der Waals surface area contributed by atoms with Crippen LogP contribution in [0.15, 0.2) is 103 Å². The third-order valence-electron chi connectivity index (χ3n) is 11.5.